The lowest BCUT2D eigenvalue weighted by atomic mass is 10.2. The minimum atomic E-state index is -0.433. The molecule has 1 aromatic heterocycles. The van der Waals surface area contributed by atoms with Gasteiger partial charge in [-0.05, 0) is 48.5 Å². The monoisotopic (exact) mass is 311 g/mol. The Hall–Kier alpha value is -1.63. The lowest BCUT2D eigenvalue weighted by Crippen LogP contribution is -2.29. The van der Waals surface area contributed by atoms with Crippen LogP contribution in [0.15, 0.2) is 0 Å². The smallest absolute Gasteiger partial charge is 0.341 e. The Bertz CT molecular complexity index is 423. The lowest BCUT2D eigenvalue weighted by molar-refractivity contribution is -0.279. The van der Waals surface area contributed by atoms with Crippen molar-refractivity contribution in [3.8, 4) is 6.01 Å². The predicted molar refractivity (Wildman–Crippen MR) is 88.4 cm³/mol. The first kappa shape index (κ1) is 18.4. The molecule has 1 aromatic rings. The number of anilines is 2. The molecule has 0 fully saturated rings. The van der Waals surface area contributed by atoms with E-state index in [2.05, 4.69) is 52.4 Å². The van der Waals surface area contributed by atoms with Crippen molar-refractivity contribution in [2.24, 2.45) is 0 Å². The molecule has 0 unspecified atom stereocenters. The standard InChI is InChI=1S/C15H29N5O2/c1-8-19(9-2)12-16-13(20(10-3)11-4)18-14(17-12)21-22-15(5,6)7/h8-11H2,1-7H3. The lowest BCUT2D eigenvalue weighted by Gasteiger charge is -2.23. The molecule has 0 saturated carbocycles. The van der Waals surface area contributed by atoms with Crippen LogP contribution >= 0.6 is 0 Å². The summed E-state index contributed by atoms with van der Waals surface area (Å²) in [4.78, 5) is 28.0. The predicted octanol–water partition coefficient (Wildman–Crippen LogP) is 2.67. The van der Waals surface area contributed by atoms with E-state index < -0.39 is 5.60 Å². The molecule has 0 saturated heterocycles. The van der Waals surface area contributed by atoms with Gasteiger partial charge >= 0.3 is 6.01 Å². The third kappa shape index (κ3) is 5.29. The van der Waals surface area contributed by atoms with Gasteiger partial charge in [0, 0.05) is 26.2 Å². The molecule has 7 nitrogen and oxygen atoms in total. The molecule has 0 aromatic carbocycles. The van der Waals surface area contributed by atoms with Crippen LogP contribution in [0.3, 0.4) is 0 Å². The Morgan fingerprint density at radius 3 is 1.50 bits per heavy atom. The van der Waals surface area contributed by atoms with Gasteiger partial charge in [0.05, 0.1) is 0 Å². The van der Waals surface area contributed by atoms with Gasteiger partial charge in [-0.3, -0.25) is 4.89 Å². The first-order chi connectivity index (χ1) is 10.3. The molecule has 0 aliphatic carbocycles. The van der Waals surface area contributed by atoms with Crippen molar-refractivity contribution >= 4 is 11.9 Å². The van der Waals surface area contributed by atoms with Gasteiger partial charge in [-0.1, -0.05) is 0 Å². The number of rotatable bonds is 8. The van der Waals surface area contributed by atoms with Crippen molar-refractivity contribution in [3.63, 3.8) is 0 Å². The Balaban J connectivity index is 3.14. The number of aromatic nitrogens is 3. The van der Waals surface area contributed by atoms with Crippen LogP contribution < -0.4 is 14.7 Å². The summed E-state index contributed by atoms with van der Waals surface area (Å²) >= 11 is 0. The zero-order valence-electron chi connectivity index (χ0n) is 14.9. The van der Waals surface area contributed by atoms with E-state index in [0.29, 0.717) is 11.9 Å². The van der Waals surface area contributed by atoms with Gasteiger partial charge in [0.1, 0.15) is 5.60 Å². The number of hydrogen-bond donors (Lipinski definition) is 0. The first-order valence-electron chi connectivity index (χ1n) is 7.96. The summed E-state index contributed by atoms with van der Waals surface area (Å²) in [7, 11) is 0. The second kappa shape index (κ2) is 8.12. The van der Waals surface area contributed by atoms with Gasteiger partial charge < -0.3 is 9.80 Å². The fourth-order valence-corrected chi connectivity index (χ4v) is 1.83. The summed E-state index contributed by atoms with van der Waals surface area (Å²) in [6.45, 7) is 17.3. The molecule has 1 rings (SSSR count). The van der Waals surface area contributed by atoms with Gasteiger partial charge in [0.2, 0.25) is 11.9 Å². The summed E-state index contributed by atoms with van der Waals surface area (Å²) in [5.74, 6) is 1.21. The van der Waals surface area contributed by atoms with E-state index >= 15 is 0 Å². The molecule has 0 amide bonds. The molecule has 0 radical (unpaired) electrons. The largest absolute Gasteiger partial charge is 0.359 e. The van der Waals surface area contributed by atoms with E-state index in [4.69, 9.17) is 9.78 Å². The van der Waals surface area contributed by atoms with Crippen LogP contribution in [0.1, 0.15) is 48.5 Å². The zero-order valence-corrected chi connectivity index (χ0v) is 14.9. The molecule has 22 heavy (non-hydrogen) atoms. The van der Waals surface area contributed by atoms with Gasteiger partial charge in [0.25, 0.3) is 0 Å². The molecule has 126 valence electrons. The van der Waals surface area contributed by atoms with Gasteiger partial charge in [-0.2, -0.15) is 19.8 Å². The van der Waals surface area contributed by atoms with Crippen LogP contribution in [0.2, 0.25) is 0 Å². The highest BCUT2D eigenvalue weighted by Gasteiger charge is 2.18. The Morgan fingerprint density at radius 2 is 1.18 bits per heavy atom. The minimum Gasteiger partial charge on any atom is -0.341 e. The molecular formula is C15H29N5O2. The van der Waals surface area contributed by atoms with E-state index in [1.807, 2.05) is 20.8 Å². The van der Waals surface area contributed by atoms with Crippen LogP contribution in [-0.4, -0.2) is 46.7 Å². The zero-order chi connectivity index (χ0) is 16.8. The average Bonchev–Trinajstić information content (AvgIpc) is 2.47. The molecule has 0 atom stereocenters. The molecule has 0 aliphatic heterocycles. The molecular weight excluding hydrogens is 282 g/mol. The molecule has 0 bridgehead atoms. The third-order valence-corrected chi connectivity index (χ3v) is 3.05. The van der Waals surface area contributed by atoms with E-state index in [-0.39, 0.29) is 6.01 Å². The van der Waals surface area contributed by atoms with Crippen LogP contribution in [-0.2, 0) is 4.89 Å². The van der Waals surface area contributed by atoms with E-state index in [1.165, 1.54) is 0 Å². The van der Waals surface area contributed by atoms with Crippen LogP contribution in [0.25, 0.3) is 0 Å². The van der Waals surface area contributed by atoms with Crippen molar-refractivity contribution in [3.05, 3.63) is 0 Å². The van der Waals surface area contributed by atoms with Crippen molar-refractivity contribution in [2.45, 2.75) is 54.1 Å². The summed E-state index contributed by atoms with van der Waals surface area (Å²) in [6.07, 6.45) is 0. The molecule has 1 heterocycles. The van der Waals surface area contributed by atoms with E-state index in [0.717, 1.165) is 26.2 Å². The fraction of sp³-hybridized carbons (Fsp3) is 0.800. The summed E-state index contributed by atoms with van der Waals surface area (Å²) in [5, 5.41) is 0. The molecule has 0 aliphatic rings. The molecule has 7 heteroatoms. The Kier molecular flexibility index (Phi) is 6.80. The summed E-state index contributed by atoms with van der Waals surface area (Å²) in [6, 6.07) is 0.189. The van der Waals surface area contributed by atoms with Crippen molar-refractivity contribution < 1.29 is 9.78 Å². The SMILES string of the molecule is CCN(CC)c1nc(OOC(C)(C)C)nc(N(CC)CC)n1. The van der Waals surface area contributed by atoms with Gasteiger partial charge in [-0.25, -0.2) is 0 Å². The Labute approximate surface area is 133 Å². The highest BCUT2D eigenvalue weighted by atomic mass is 17.2. The second-order valence-electron chi connectivity index (χ2n) is 5.84. The van der Waals surface area contributed by atoms with Crippen LogP contribution in [0.5, 0.6) is 6.01 Å². The quantitative estimate of drug-likeness (QED) is 0.540. The van der Waals surface area contributed by atoms with Crippen molar-refractivity contribution in [1.29, 1.82) is 0 Å². The van der Waals surface area contributed by atoms with E-state index in [9.17, 15) is 0 Å². The maximum atomic E-state index is 5.33. The van der Waals surface area contributed by atoms with Crippen molar-refractivity contribution in [2.75, 3.05) is 36.0 Å². The second-order valence-corrected chi connectivity index (χ2v) is 5.84. The highest BCUT2D eigenvalue weighted by Crippen LogP contribution is 2.19. The summed E-state index contributed by atoms with van der Waals surface area (Å²) in [5.41, 5.74) is -0.433. The maximum absolute atomic E-state index is 5.33. The minimum absolute atomic E-state index is 0.189. The van der Waals surface area contributed by atoms with Crippen LogP contribution in [0.4, 0.5) is 11.9 Å². The maximum Gasteiger partial charge on any atom is 0.359 e. The van der Waals surface area contributed by atoms with Gasteiger partial charge in [-0.15, -0.1) is 0 Å². The van der Waals surface area contributed by atoms with Crippen LogP contribution in [0, 0.1) is 0 Å². The number of nitrogens with zero attached hydrogens (tertiary/aromatic N) is 5. The van der Waals surface area contributed by atoms with Gasteiger partial charge in [0.15, 0.2) is 0 Å². The normalized spacial score (nSPS) is 11.4. The molecule has 0 N–H and O–H groups in total. The third-order valence-electron chi connectivity index (χ3n) is 3.05. The fourth-order valence-electron chi connectivity index (χ4n) is 1.83. The van der Waals surface area contributed by atoms with E-state index in [1.54, 1.807) is 0 Å². The topological polar surface area (TPSA) is 63.6 Å². The summed E-state index contributed by atoms with van der Waals surface area (Å²) < 4.78 is 0. The molecule has 0 spiro atoms. The van der Waals surface area contributed by atoms with Crippen molar-refractivity contribution in [1.82, 2.24) is 15.0 Å². The Morgan fingerprint density at radius 1 is 0.773 bits per heavy atom. The highest BCUT2D eigenvalue weighted by molar-refractivity contribution is 5.40. The first-order valence-corrected chi connectivity index (χ1v) is 7.96. The number of hydrogen-bond acceptors (Lipinski definition) is 7. The average molecular weight is 311 g/mol.